The van der Waals surface area contributed by atoms with E-state index in [4.69, 9.17) is 28.1 Å². The number of hydrogen-bond acceptors (Lipinski definition) is 8. The van der Waals surface area contributed by atoms with Crippen molar-refractivity contribution in [3.8, 4) is 0 Å². The fourth-order valence-corrected chi connectivity index (χ4v) is 6.04. The van der Waals surface area contributed by atoms with E-state index in [0.29, 0.717) is 10.8 Å². The minimum Gasteiger partial charge on any atom is -0.382 e. The Morgan fingerprint density at radius 3 is 2.78 bits per heavy atom. The number of fused-ring (bicyclic) bond motifs is 2. The fraction of sp³-hybridized carbons (Fsp3) is 0.333. The molecule has 1 spiro atoms. The van der Waals surface area contributed by atoms with Crippen LogP contribution in [0.5, 0.6) is 0 Å². The summed E-state index contributed by atoms with van der Waals surface area (Å²) in [6.45, 7) is 2.72. The number of rotatable bonds is 3. The largest absolute Gasteiger partial charge is 0.382 e. The van der Waals surface area contributed by atoms with E-state index in [9.17, 15) is 0 Å². The van der Waals surface area contributed by atoms with Crippen LogP contribution < -0.4 is 16.4 Å². The van der Waals surface area contributed by atoms with Crippen molar-refractivity contribution in [3.05, 3.63) is 54.0 Å². The van der Waals surface area contributed by atoms with Crippen molar-refractivity contribution in [2.45, 2.75) is 35.3 Å². The third-order valence-corrected chi connectivity index (χ3v) is 8.34. The van der Waals surface area contributed by atoms with Crippen molar-refractivity contribution < 1.29 is 0 Å². The highest BCUT2D eigenvalue weighted by Gasteiger charge is 2.47. The van der Waals surface area contributed by atoms with Gasteiger partial charge in [-0.3, -0.25) is 9.08 Å². The number of pyridine rings is 1. The van der Waals surface area contributed by atoms with Gasteiger partial charge >= 0.3 is 0 Å². The molecule has 164 valence electrons. The Bertz CT molecular complexity index is 1310. The summed E-state index contributed by atoms with van der Waals surface area (Å²) in [5, 5.41) is 5.70. The van der Waals surface area contributed by atoms with Gasteiger partial charge < -0.3 is 16.4 Å². The van der Waals surface area contributed by atoms with Gasteiger partial charge in [0.2, 0.25) is 0 Å². The molecule has 6 heterocycles. The molecule has 11 heteroatoms. The molecule has 0 amide bonds. The van der Waals surface area contributed by atoms with Crippen LogP contribution in [0.15, 0.2) is 53.2 Å². The van der Waals surface area contributed by atoms with E-state index < -0.39 is 0 Å². The first-order chi connectivity index (χ1) is 15.6. The van der Waals surface area contributed by atoms with Crippen LogP contribution in [0.1, 0.15) is 24.6 Å². The van der Waals surface area contributed by atoms with Crippen molar-refractivity contribution in [2.24, 2.45) is 11.1 Å². The van der Waals surface area contributed by atoms with Crippen LogP contribution in [0.25, 0.3) is 5.52 Å². The molecule has 0 bridgehead atoms. The summed E-state index contributed by atoms with van der Waals surface area (Å²) >= 11 is 7.79. The fourth-order valence-electron chi connectivity index (χ4n) is 4.92. The standard InChI is InChI=1S/C21H22ClN9S/c22-17-15(2-5-26-19(17)24)32-20-14-9-25-12-30(14)16(10-27-20)29-7-3-21(4-8-29)11-31-13(18(21)23)1-6-28-31/h1-2,5-6,9-10,12,18H,3-4,7-8,11,23H2,(H2,24,26). The number of nitrogens with zero attached hydrogens (tertiary/aromatic N) is 7. The number of hydrogen-bond donors (Lipinski definition) is 2. The lowest BCUT2D eigenvalue weighted by Gasteiger charge is -2.42. The van der Waals surface area contributed by atoms with Crippen LogP contribution in [0.4, 0.5) is 11.6 Å². The van der Waals surface area contributed by atoms with Gasteiger partial charge in [-0.05, 0) is 25.0 Å². The lowest BCUT2D eigenvalue weighted by molar-refractivity contribution is 0.170. The molecule has 1 atom stereocenters. The van der Waals surface area contributed by atoms with Crippen LogP contribution in [-0.4, -0.2) is 42.2 Å². The molecule has 2 aliphatic heterocycles. The summed E-state index contributed by atoms with van der Waals surface area (Å²) in [6, 6.07) is 3.92. The summed E-state index contributed by atoms with van der Waals surface area (Å²) < 4.78 is 4.16. The lowest BCUT2D eigenvalue weighted by Crippen LogP contribution is -2.45. The van der Waals surface area contributed by atoms with Crippen LogP contribution in [-0.2, 0) is 6.54 Å². The topological polar surface area (TPSA) is 116 Å². The Balaban J connectivity index is 1.26. The third-order valence-electron chi connectivity index (χ3n) is 6.76. The maximum Gasteiger partial charge on any atom is 0.143 e. The monoisotopic (exact) mass is 467 g/mol. The van der Waals surface area contributed by atoms with Crippen molar-refractivity contribution in [1.29, 1.82) is 0 Å². The van der Waals surface area contributed by atoms with Crippen molar-refractivity contribution in [1.82, 2.24) is 29.1 Å². The quantitative estimate of drug-likeness (QED) is 0.472. The van der Waals surface area contributed by atoms with Gasteiger partial charge in [-0.2, -0.15) is 5.10 Å². The van der Waals surface area contributed by atoms with E-state index in [-0.39, 0.29) is 11.5 Å². The van der Waals surface area contributed by atoms with Gasteiger partial charge in [0.1, 0.15) is 23.0 Å². The smallest absolute Gasteiger partial charge is 0.143 e. The van der Waals surface area contributed by atoms with E-state index in [1.54, 1.807) is 6.20 Å². The molecule has 0 saturated carbocycles. The van der Waals surface area contributed by atoms with Gasteiger partial charge in [0.05, 0.1) is 34.7 Å². The Kier molecular flexibility index (Phi) is 4.56. The molecule has 0 aromatic carbocycles. The van der Waals surface area contributed by atoms with E-state index >= 15 is 0 Å². The molecule has 4 N–H and O–H groups in total. The number of nitrogens with two attached hydrogens (primary N) is 2. The van der Waals surface area contributed by atoms with Crippen LogP contribution in [0, 0.1) is 5.41 Å². The SMILES string of the molecule is Nc1nccc(Sc2ncc(N3CCC4(CC3)Cn3nccc3C4N)n3cncc23)c1Cl. The molecule has 1 unspecified atom stereocenters. The average molecular weight is 468 g/mol. The second-order valence-corrected chi connectivity index (χ2v) is 9.83. The zero-order valence-corrected chi connectivity index (χ0v) is 18.8. The molecule has 0 radical (unpaired) electrons. The molecule has 2 aliphatic rings. The second-order valence-electron chi connectivity index (χ2n) is 8.42. The van der Waals surface area contributed by atoms with E-state index in [1.165, 1.54) is 11.8 Å². The number of piperidine rings is 1. The third kappa shape index (κ3) is 2.97. The molecule has 6 rings (SSSR count). The van der Waals surface area contributed by atoms with E-state index in [2.05, 4.69) is 29.0 Å². The van der Waals surface area contributed by atoms with Gasteiger partial charge in [0, 0.05) is 42.3 Å². The van der Waals surface area contributed by atoms with E-state index in [1.807, 2.05) is 37.1 Å². The highest BCUT2D eigenvalue weighted by molar-refractivity contribution is 7.99. The van der Waals surface area contributed by atoms with Crippen LogP contribution in [0.2, 0.25) is 5.02 Å². The molecule has 4 aromatic heterocycles. The summed E-state index contributed by atoms with van der Waals surface area (Å²) in [6.07, 6.45) is 11.1. The maximum atomic E-state index is 6.64. The molecule has 9 nitrogen and oxygen atoms in total. The van der Waals surface area contributed by atoms with Gasteiger partial charge in [-0.15, -0.1) is 0 Å². The number of anilines is 2. The minimum atomic E-state index is 0.0369. The van der Waals surface area contributed by atoms with Gasteiger partial charge in [0.25, 0.3) is 0 Å². The zero-order valence-electron chi connectivity index (χ0n) is 17.2. The van der Waals surface area contributed by atoms with Gasteiger partial charge in [-0.25, -0.2) is 15.0 Å². The van der Waals surface area contributed by atoms with Gasteiger partial charge in [0.15, 0.2) is 0 Å². The van der Waals surface area contributed by atoms with Crippen molar-refractivity contribution >= 4 is 40.5 Å². The number of imidazole rings is 1. The first-order valence-electron chi connectivity index (χ1n) is 10.5. The highest BCUT2D eigenvalue weighted by atomic mass is 35.5. The number of halogens is 1. The Morgan fingerprint density at radius 1 is 1.12 bits per heavy atom. The Labute approximate surface area is 193 Å². The normalized spacial score (nSPS) is 19.7. The summed E-state index contributed by atoms with van der Waals surface area (Å²) in [7, 11) is 0. The Hall–Kier alpha value is -2.82. The van der Waals surface area contributed by atoms with Gasteiger partial charge in [-0.1, -0.05) is 23.4 Å². The molecule has 0 aliphatic carbocycles. The number of nitrogen functional groups attached to an aromatic ring is 1. The maximum absolute atomic E-state index is 6.64. The molecule has 32 heavy (non-hydrogen) atoms. The minimum absolute atomic E-state index is 0.0369. The van der Waals surface area contributed by atoms with Crippen molar-refractivity contribution in [2.75, 3.05) is 23.7 Å². The first kappa shape index (κ1) is 19.8. The number of aromatic nitrogens is 6. The molecule has 4 aromatic rings. The summed E-state index contributed by atoms with van der Waals surface area (Å²) in [5.41, 5.74) is 14.6. The van der Waals surface area contributed by atoms with E-state index in [0.717, 1.165) is 59.4 Å². The predicted molar refractivity (Wildman–Crippen MR) is 124 cm³/mol. The molecule has 1 fully saturated rings. The lowest BCUT2D eigenvalue weighted by atomic mass is 9.73. The first-order valence-corrected chi connectivity index (χ1v) is 11.7. The summed E-state index contributed by atoms with van der Waals surface area (Å²) in [4.78, 5) is 16.3. The predicted octanol–water partition coefficient (Wildman–Crippen LogP) is 3.01. The zero-order chi connectivity index (χ0) is 21.9. The average Bonchev–Trinajstić information content (AvgIpc) is 3.51. The van der Waals surface area contributed by atoms with Crippen molar-refractivity contribution in [3.63, 3.8) is 0 Å². The molecular formula is C21H22ClN9S. The van der Waals surface area contributed by atoms with Crippen LogP contribution >= 0.6 is 23.4 Å². The molecule has 1 saturated heterocycles. The van der Waals surface area contributed by atoms with Crippen LogP contribution in [0.3, 0.4) is 0 Å². The highest BCUT2D eigenvalue weighted by Crippen LogP contribution is 2.48. The summed E-state index contributed by atoms with van der Waals surface area (Å²) in [5.74, 6) is 1.34. The Morgan fingerprint density at radius 2 is 1.97 bits per heavy atom. The second kappa shape index (κ2) is 7.36. The molecular weight excluding hydrogens is 446 g/mol.